The average Bonchev–Trinajstić information content (AvgIpc) is 2.62. The molecule has 0 unspecified atom stereocenters. The zero-order chi connectivity index (χ0) is 21.1. The monoisotopic (exact) mass is 423 g/mol. The Morgan fingerprint density at radius 2 is 1.44 bits per heavy atom. The van der Waals surface area contributed by atoms with E-state index >= 15 is 0 Å². The van der Waals surface area contributed by atoms with Crippen molar-refractivity contribution in [3.63, 3.8) is 0 Å². The minimum absolute atomic E-state index is 0.110. The van der Waals surface area contributed by atoms with E-state index in [4.69, 9.17) is 10.8 Å². The minimum atomic E-state index is -1.25. The summed E-state index contributed by atoms with van der Waals surface area (Å²) in [6, 6.07) is -4.00. The predicted molar refractivity (Wildman–Crippen MR) is 103 cm³/mol. The minimum Gasteiger partial charge on any atom is -0.480 e. The van der Waals surface area contributed by atoms with Gasteiger partial charge in [-0.15, -0.1) is 0 Å². The van der Waals surface area contributed by atoms with Gasteiger partial charge in [0.1, 0.15) is 18.1 Å². The van der Waals surface area contributed by atoms with Crippen LogP contribution in [-0.2, 0) is 24.0 Å². The molecule has 13 heteroatoms. The van der Waals surface area contributed by atoms with Crippen LogP contribution >= 0.6 is 25.3 Å². The molecule has 4 atom stereocenters. The Morgan fingerprint density at radius 3 is 1.93 bits per heavy atom. The van der Waals surface area contributed by atoms with E-state index in [2.05, 4.69) is 46.5 Å². The van der Waals surface area contributed by atoms with E-state index in [-0.39, 0.29) is 11.5 Å². The third kappa shape index (κ3) is 9.49. The van der Waals surface area contributed by atoms with Gasteiger partial charge in [0.2, 0.25) is 23.6 Å². The number of hydrogen-bond acceptors (Lipinski definition) is 8. The number of carboxylic acids is 1. The molecule has 0 saturated heterocycles. The van der Waals surface area contributed by atoms with Gasteiger partial charge in [-0.1, -0.05) is 0 Å². The van der Waals surface area contributed by atoms with Crippen LogP contribution in [0.4, 0.5) is 0 Å². The van der Waals surface area contributed by atoms with Gasteiger partial charge in [0.15, 0.2) is 0 Å². The number of nitrogens with two attached hydrogens (primary N) is 1. The van der Waals surface area contributed by atoms with Gasteiger partial charge in [-0.05, 0) is 13.8 Å². The van der Waals surface area contributed by atoms with Crippen molar-refractivity contribution in [3.8, 4) is 0 Å². The summed E-state index contributed by atoms with van der Waals surface area (Å²) in [5.74, 6) is -3.82. The van der Waals surface area contributed by atoms with Crippen LogP contribution in [0, 0.1) is 0 Å². The summed E-state index contributed by atoms with van der Waals surface area (Å²) in [5, 5.41) is 18.0. The van der Waals surface area contributed by atoms with E-state index in [1.54, 1.807) is 0 Å². The van der Waals surface area contributed by atoms with Crippen LogP contribution in [0.5, 0.6) is 0 Å². The lowest BCUT2D eigenvalue weighted by atomic mass is 10.2. The number of carboxylic acid groups (broad SMARTS) is 1. The number of carbonyl (C=O) groups is 5. The van der Waals surface area contributed by atoms with Crippen molar-refractivity contribution in [2.45, 2.75) is 38.0 Å². The van der Waals surface area contributed by atoms with Crippen LogP contribution in [0.15, 0.2) is 0 Å². The van der Waals surface area contributed by atoms with Crippen molar-refractivity contribution in [1.82, 2.24) is 21.3 Å². The second kappa shape index (κ2) is 12.4. The summed E-state index contributed by atoms with van der Waals surface area (Å²) in [4.78, 5) is 57.9. The quantitative estimate of drug-likeness (QED) is 0.162. The molecule has 0 aliphatic heterocycles. The Balaban J connectivity index is 4.38. The summed E-state index contributed by atoms with van der Waals surface area (Å²) in [7, 11) is 0. The highest BCUT2D eigenvalue weighted by molar-refractivity contribution is 7.80. The fraction of sp³-hybridized carbons (Fsp3) is 0.643. The lowest BCUT2D eigenvalue weighted by Crippen LogP contribution is -2.54. The van der Waals surface area contributed by atoms with Crippen molar-refractivity contribution in [2.75, 3.05) is 18.1 Å². The zero-order valence-electron chi connectivity index (χ0n) is 14.9. The van der Waals surface area contributed by atoms with Gasteiger partial charge in [-0.3, -0.25) is 19.2 Å². The number of amides is 4. The second-order valence-electron chi connectivity index (χ2n) is 5.61. The molecular formula is C14H25N5O6S2. The van der Waals surface area contributed by atoms with Gasteiger partial charge in [0.05, 0.1) is 12.6 Å². The van der Waals surface area contributed by atoms with Gasteiger partial charge >= 0.3 is 5.97 Å². The van der Waals surface area contributed by atoms with Gasteiger partial charge in [-0.2, -0.15) is 25.3 Å². The normalized spacial score (nSPS) is 14.9. The molecule has 0 aromatic heterocycles. The molecule has 0 radical (unpaired) electrons. The van der Waals surface area contributed by atoms with Crippen LogP contribution < -0.4 is 27.0 Å². The molecule has 0 aliphatic rings. The number of thiol groups is 2. The van der Waals surface area contributed by atoms with Crippen molar-refractivity contribution in [3.05, 3.63) is 0 Å². The van der Waals surface area contributed by atoms with Crippen LogP contribution in [0.2, 0.25) is 0 Å². The van der Waals surface area contributed by atoms with Gasteiger partial charge < -0.3 is 32.1 Å². The van der Waals surface area contributed by atoms with Gasteiger partial charge in [0, 0.05) is 11.5 Å². The first-order chi connectivity index (χ1) is 12.5. The third-order valence-corrected chi connectivity index (χ3v) is 4.04. The first-order valence-electron chi connectivity index (χ1n) is 7.91. The molecule has 11 nitrogen and oxygen atoms in total. The molecule has 0 fully saturated rings. The summed E-state index contributed by atoms with van der Waals surface area (Å²) in [6.07, 6.45) is 0. The smallest absolute Gasteiger partial charge is 0.327 e. The van der Waals surface area contributed by atoms with E-state index < -0.39 is 60.3 Å². The first kappa shape index (κ1) is 25.0. The predicted octanol–water partition coefficient (Wildman–Crippen LogP) is -3.13. The average molecular weight is 424 g/mol. The zero-order valence-corrected chi connectivity index (χ0v) is 16.7. The fourth-order valence-corrected chi connectivity index (χ4v) is 2.04. The second-order valence-corrected chi connectivity index (χ2v) is 6.34. The maximum absolute atomic E-state index is 11.9. The molecule has 7 N–H and O–H groups in total. The van der Waals surface area contributed by atoms with Crippen molar-refractivity contribution in [1.29, 1.82) is 0 Å². The molecule has 4 amide bonds. The van der Waals surface area contributed by atoms with Crippen LogP contribution in [0.3, 0.4) is 0 Å². The Morgan fingerprint density at radius 1 is 0.889 bits per heavy atom. The van der Waals surface area contributed by atoms with Crippen LogP contribution in [0.25, 0.3) is 0 Å². The molecule has 0 aromatic carbocycles. The van der Waals surface area contributed by atoms with Crippen molar-refractivity contribution in [2.24, 2.45) is 5.73 Å². The van der Waals surface area contributed by atoms with E-state index in [0.29, 0.717) is 0 Å². The number of hydrogen-bond donors (Lipinski definition) is 8. The van der Waals surface area contributed by atoms with E-state index in [9.17, 15) is 24.0 Å². The molecule has 0 bridgehead atoms. The summed E-state index contributed by atoms with van der Waals surface area (Å²) in [5.41, 5.74) is 5.47. The van der Waals surface area contributed by atoms with E-state index in [1.807, 2.05) is 0 Å². The van der Waals surface area contributed by atoms with Gasteiger partial charge in [0.25, 0.3) is 0 Å². The maximum Gasteiger partial charge on any atom is 0.327 e. The standard InChI is InChI=1S/C14H25N5O6S2/c1-6(18-13(23)8(15)4-26)11(21)16-3-10(20)17-7(2)12(22)19-9(5-27)14(24)25/h6-9,26-27H,3-5,15H2,1-2H3,(H,16,21)(H,17,20)(H,18,23)(H,19,22)(H,24,25)/t6-,7-,8-,9-/m0/s1. The molecule has 0 aliphatic carbocycles. The Labute approximate surface area is 167 Å². The molecule has 0 heterocycles. The Kier molecular flexibility index (Phi) is 11.5. The molecule has 0 aromatic rings. The summed E-state index contributed by atoms with van der Waals surface area (Å²) in [6.45, 7) is 2.33. The highest BCUT2D eigenvalue weighted by atomic mass is 32.1. The first-order valence-corrected chi connectivity index (χ1v) is 9.17. The Bertz CT molecular complexity index is 576. The molecule has 0 saturated carbocycles. The number of rotatable bonds is 11. The van der Waals surface area contributed by atoms with Crippen molar-refractivity contribution >= 4 is 54.9 Å². The largest absolute Gasteiger partial charge is 0.480 e. The number of aliphatic carboxylic acids is 1. The van der Waals surface area contributed by atoms with Gasteiger partial charge in [-0.25, -0.2) is 4.79 Å². The highest BCUT2D eigenvalue weighted by Crippen LogP contribution is 1.92. The van der Waals surface area contributed by atoms with Crippen molar-refractivity contribution < 1.29 is 29.1 Å². The summed E-state index contributed by atoms with van der Waals surface area (Å²) < 4.78 is 0. The lowest BCUT2D eigenvalue weighted by molar-refractivity contribution is -0.141. The molecule has 154 valence electrons. The third-order valence-electron chi connectivity index (χ3n) is 3.28. The lowest BCUT2D eigenvalue weighted by Gasteiger charge is -2.18. The summed E-state index contributed by atoms with van der Waals surface area (Å²) >= 11 is 7.69. The number of carbonyl (C=O) groups excluding carboxylic acids is 4. The molecule has 0 rings (SSSR count). The van der Waals surface area contributed by atoms with Crippen LogP contribution in [0.1, 0.15) is 13.8 Å². The molecule has 27 heavy (non-hydrogen) atoms. The van der Waals surface area contributed by atoms with Crippen LogP contribution in [-0.4, -0.2) is 76.9 Å². The molecular weight excluding hydrogens is 398 g/mol. The van der Waals surface area contributed by atoms with E-state index in [0.717, 1.165) is 0 Å². The topological polar surface area (TPSA) is 180 Å². The fourth-order valence-electron chi connectivity index (χ4n) is 1.63. The SMILES string of the molecule is C[C@H](NC(=O)CNC(=O)[C@H](C)NC(=O)[C@@H](N)CS)C(=O)N[C@@H](CS)C(=O)O. The van der Waals surface area contributed by atoms with E-state index in [1.165, 1.54) is 13.8 Å². The maximum atomic E-state index is 11.9. The Hall–Kier alpha value is -1.99. The highest BCUT2D eigenvalue weighted by Gasteiger charge is 2.23. The number of nitrogens with one attached hydrogen (secondary N) is 4. The molecule has 0 spiro atoms.